The summed E-state index contributed by atoms with van der Waals surface area (Å²) in [4.78, 5) is 35.4. The Kier molecular flexibility index (Phi) is 8.35. The van der Waals surface area contributed by atoms with Crippen molar-refractivity contribution in [2.75, 3.05) is 30.6 Å². The molecule has 0 aromatic heterocycles. The van der Waals surface area contributed by atoms with Crippen molar-refractivity contribution >= 4 is 40.9 Å². The van der Waals surface area contributed by atoms with Gasteiger partial charge in [0, 0.05) is 23.1 Å². The van der Waals surface area contributed by atoms with E-state index in [1.807, 2.05) is 6.07 Å². The molecule has 0 fully saturated rings. The quantitative estimate of drug-likeness (QED) is 0.508. The van der Waals surface area contributed by atoms with Crippen LogP contribution >= 0.6 is 11.8 Å². The van der Waals surface area contributed by atoms with Gasteiger partial charge in [0.1, 0.15) is 11.5 Å². The van der Waals surface area contributed by atoms with E-state index in [1.54, 1.807) is 36.4 Å². The van der Waals surface area contributed by atoms with Crippen molar-refractivity contribution in [2.24, 2.45) is 0 Å². The molecule has 0 saturated heterocycles. The SMILES string of the molecule is COc1ccc(OC)c(NC(=O)CSc2cccc(NC(=O)CCC(=O)O)c2)c1. The second-order valence-corrected chi connectivity index (χ2v) is 6.92. The van der Waals surface area contributed by atoms with Gasteiger partial charge in [-0.15, -0.1) is 11.8 Å². The summed E-state index contributed by atoms with van der Waals surface area (Å²) in [6.07, 6.45) is -0.328. The van der Waals surface area contributed by atoms with Gasteiger partial charge in [-0.25, -0.2) is 0 Å². The molecule has 3 N–H and O–H groups in total. The zero-order valence-electron chi connectivity index (χ0n) is 16.1. The summed E-state index contributed by atoms with van der Waals surface area (Å²) < 4.78 is 10.4. The van der Waals surface area contributed by atoms with Crippen molar-refractivity contribution in [3.63, 3.8) is 0 Å². The number of amides is 2. The summed E-state index contributed by atoms with van der Waals surface area (Å²) in [6, 6.07) is 12.1. The highest BCUT2D eigenvalue weighted by Gasteiger charge is 2.11. The van der Waals surface area contributed by atoms with E-state index in [2.05, 4.69) is 10.6 Å². The fraction of sp³-hybridized carbons (Fsp3) is 0.250. The number of methoxy groups -OCH3 is 2. The molecule has 0 spiro atoms. The Labute approximate surface area is 172 Å². The molecule has 0 radical (unpaired) electrons. The monoisotopic (exact) mass is 418 g/mol. The number of hydrogen-bond donors (Lipinski definition) is 3. The van der Waals surface area contributed by atoms with Crippen LogP contribution in [0.15, 0.2) is 47.4 Å². The number of carbonyl (C=O) groups excluding carboxylic acids is 2. The average molecular weight is 418 g/mol. The van der Waals surface area contributed by atoms with Gasteiger partial charge in [-0.3, -0.25) is 14.4 Å². The van der Waals surface area contributed by atoms with E-state index in [-0.39, 0.29) is 30.4 Å². The third-order valence-electron chi connectivity index (χ3n) is 3.73. The van der Waals surface area contributed by atoms with E-state index >= 15 is 0 Å². The predicted octanol–water partition coefficient (Wildman–Crippen LogP) is 3.24. The predicted molar refractivity (Wildman–Crippen MR) is 111 cm³/mol. The molecular formula is C20H22N2O6S. The average Bonchev–Trinajstić information content (AvgIpc) is 2.71. The highest BCUT2D eigenvalue weighted by Crippen LogP contribution is 2.29. The van der Waals surface area contributed by atoms with Crippen molar-refractivity contribution in [3.05, 3.63) is 42.5 Å². The Morgan fingerprint density at radius 2 is 1.76 bits per heavy atom. The molecule has 8 nitrogen and oxygen atoms in total. The van der Waals surface area contributed by atoms with Crippen LogP contribution in [0.3, 0.4) is 0 Å². The topological polar surface area (TPSA) is 114 Å². The number of hydrogen-bond acceptors (Lipinski definition) is 6. The van der Waals surface area contributed by atoms with Crippen LogP contribution in [0.5, 0.6) is 11.5 Å². The van der Waals surface area contributed by atoms with Crippen LogP contribution in [0, 0.1) is 0 Å². The van der Waals surface area contributed by atoms with Gasteiger partial charge in [0.15, 0.2) is 0 Å². The first-order valence-electron chi connectivity index (χ1n) is 8.67. The van der Waals surface area contributed by atoms with Crippen molar-refractivity contribution in [1.82, 2.24) is 0 Å². The molecule has 0 aliphatic heterocycles. The number of benzene rings is 2. The number of carbonyl (C=O) groups is 3. The summed E-state index contributed by atoms with van der Waals surface area (Å²) >= 11 is 1.30. The Hall–Kier alpha value is -3.20. The lowest BCUT2D eigenvalue weighted by molar-refractivity contribution is -0.138. The minimum atomic E-state index is -1.02. The van der Waals surface area contributed by atoms with Gasteiger partial charge in [-0.2, -0.15) is 0 Å². The first-order valence-corrected chi connectivity index (χ1v) is 9.66. The van der Waals surface area contributed by atoms with Crippen LogP contribution < -0.4 is 20.1 Å². The van der Waals surface area contributed by atoms with Gasteiger partial charge >= 0.3 is 5.97 Å². The van der Waals surface area contributed by atoms with Crippen LogP contribution in [0.25, 0.3) is 0 Å². The molecule has 0 bridgehead atoms. The first-order chi connectivity index (χ1) is 13.9. The smallest absolute Gasteiger partial charge is 0.303 e. The molecule has 9 heteroatoms. The molecule has 0 saturated carbocycles. The van der Waals surface area contributed by atoms with Crippen LogP contribution in [0.1, 0.15) is 12.8 Å². The standard InChI is InChI=1S/C20H22N2O6S/c1-27-14-6-7-17(28-2)16(11-14)22-19(24)12-29-15-5-3-4-13(10-15)21-18(23)8-9-20(25)26/h3-7,10-11H,8-9,12H2,1-2H3,(H,21,23)(H,22,24)(H,25,26). The van der Waals surface area contributed by atoms with E-state index in [4.69, 9.17) is 14.6 Å². The van der Waals surface area contributed by atoms with Crippen LogP contribution in [-0.2, 0) is 14.4 Å². The summed E-state index contributed by atoms with van der Waals surface area (Å²) in [6.45, 7) is 0. The second kappa shape index (κ2) is 11.0. The van der Waals surface area contributed by atoms with Crippen molar-refractivity contribution in [3.8, 4) is 11.5 Å². The Balaban J connectivity index is 1.92. The number of nitrogens with one attached hydrogen (secondary N) is 2. The van der Waals surface area contributed by atoms with E-state index in [0.29, 0.717) is 22.9 Å². The summed E-state index contributed by atoms with van der Waals surface area (Å²) in [5, 5.41) is 14.1. The van der Waals surface area contributed by atoms with Gasteiger partial charge in [0.25, 0.3) is 0 Å². The lowest BCUT2D eigenvalue weighted by atomic mass is 10.2. The third kappa shape index (κ3) is 7.38. The second-order valence-electron chi connectivity index (χ2n) is 5.87. The molecule has 0 heterocycles. The summed E-state index contributed by atoms with van der Waals surface area (Å²) in [5.41, 5.74) is 1.05. The fourth-order valence-corrected chi connectivity index (χ4v) is 3.11. The molecule has 0 aliphatic carbocycles. The Morgan fingerprint density at radius 3 is 2.45 bits per heavy atom. The molecule has 154 valence electrons. The van der Waals surface area contributed by atoms with E-state index < -0.39 is 5.97 Å². The molecule has 0 atom stereocenters. The van der Waals surface area contributed by atoms with E-state index in [9.17, 15) is 14.4 Å². The summed E-state index contributed by atoms with van der Waals surface area (Å²) in [7, 11) is 3.05. The van der Waals surface area contributed by atoms with Crippen LogP contribution in [-0.4, -0.2) is 42.9 Å². The summed E-state index contributed by atoms with van der Waals surface area (Å²) in [5.74, 6) is -0.357. The lowest BCUT2D eigenvalue weighted by Crippen LogP contribution is -2.15. The Morgan fingerprint density at radius 1 is 0.966 bits per heavy atom. The molecular weight excluding hydrogens is 396 g/mol. The molecule has 0 aliphatic rings. The van der Waals surface area contributed by atoms with E-state index in [0.717, 1.165) is 4.90 Å². The maximum Gasteiger partial charge on any atom is 0.303 e. The highest BCUT2D eigenvalue weighted by molar-refractivity contribution is 8.00. The maximum absolute atomic E-state index is 12.3. The van der Waals surface area contributed by atoms with Gasteiger partial charge in [0.05, 0.1) is 32.1 Å². The molecule has 2 aromatic rings. The number of anilines is 2. The molecule has 29 heavy (non-hydrogen) atoms. The van der Waals surface area contributed by atoms with Crippen molar-refractivity contribution < 1.29 is 29.0 Å². The van der Waals surface area contributed by atoms with Gasteiger partial charge < -0.3 is 25.2 Å². The van der Waals surface area contributed by atoms with Crippen LogP contribution in [0.2, 0.25) is 0 Å². The number of ether oxygens (including phenoxy) is 2. The maximum atomic E-state index is 12.3. The van der Waals surface area contributed by atoms with Crippen molar-refractivity contribution in [1.29, 1.82) is 0 Å². The van der Waals surface area contributed by atoms with Gasteiger partial charge in [-0.1, -0.05) is 6.07 Å². The van der Waals surface area contributed by atoms with Gasteiger partial charge in [-0.05, 0) is 30.3 Å². The number of rotatable bonds is 10. The fourth-order valence-electron chi connectivity index (χ4n) is 2.35. The zero-order valence-corrected chi connectivity index (χ0v) is 16.9. The van der Waals surface area contributed by atoms with Gasteiger partial charge in [0.2, 0.25) is 11.8 Å². The minimum absolute atomic E-state index is 0.0997. The molecule has 2 amide bonds. The molecule has 0 unspecified atom stereocenters. The number of aliphatic carboxylic acids is 1. The van der Waals surface area contributed by atoms with Crippen LogP contribution in [0.4, 0.5) is 11.4 Å². The first kappa shape index (κ1) is 22.1. The molecule has 2 aromatic carbocycles. The highest BCUT2D eigenvalue weighted by atomic mass is 32.2. The largest absolute Gasteiger partial charge is 0.497 e. The zero-order chi connectivity index (χ0) is 21.2. The minimum Gasteiger partial charge on any atom is -0.497 e. The van der Waals surface area contributed by atoms with Crippen molar-refractivity contribution in [2.45, 2.75) is 17.7 Å². The molecule has 2 rings (SSSR count). The lowest BCUT2D eigenvalue weighted by Gasteiger charge is -2.12. The number of carboxylic acids is 1. The Bertz CT molecular complexity index is 887. The van der Waals surface area contributed by atoms with E-state index in [1.165, 1.54) is 26.0 Å². The number of thioether (sulfide) groups is 1. The number of carboxylic acid groups (broad SMARTS) is 1. The normalized spacial score (nSPS) is 10.1. The third-order valence-corrected chi connectivity index (χ3v) is 4.73.